The van der Waals surface area contributed by atoms with Gasteiger partial charge in [-0.25, -0.2) is 0 Å². The maximum absolute atomic E-state index is 11.9. The van der Waals surface area contributed by atoms with Gasteiger partial charge >= 0.3 is 11.8 Å². The van der Waals surface area contributed by atoms with E-state index in [4.69, 9.17) is 4.52 Å². The molecule has 24 heavy (non-hydrogen) atoms. The molecule has 0 aliphatic heterocycles. The van der Waals surface area contributed by atoms with Gasteiger partial charge in [-0.3, -0.25) is 9.59 Å². The summed E-state index contributed by atoms with van der Waals surface area (Å²) >= 11 is 0. The van der Waals surface area contributed by atoms with E-state index in [1.54, 1.807) is 13.0 Å². The molecule has 0 radical (unpaired) electrons. The zero-order chi connectivity index (χ0) is 17.5. The summed E-state index contributed by atoms with van der Waals surface area (Å²) in [5.74, 6) is 0.119. The van der Waals surface area contributed by atoms with Gasteiger partial charge in [0.2, 0.25) is 5.89 Å². The SMILES string of the molecule is Cc1noc(CCCNC(=O)C(=O)Nc2cccc(C(C)C)c2)n1. The second-order valence-corrected chi connectivity index (χ2v) is 5.83. The second kappa shape index (κ2) is 8.24. The van der Waals surface area contributed by atoms with Gasteiger partial charge in [-0.05, 0) is 37.0 Å². The van der Waals surface area contributed by atoms with Gasteiger partial charge in [-0.2, -0.15) is 4.98 Å². The van der Waals surface area contributed by atoms with E-state index in [-0.39, 0.29) is 0 Å². The number of aryl methyl sites for hydroxylation is 2. The van der Waals surface area contributed by atoms with E-state index in [9.17, 15) is 9.59 Å². The van der Waals surface area contributed by atoms with Gasteiger partial charge in [0.1, 0.15) is 0 Å². The van der Waals surface area contributed by atoms with Crippen molar-refractivity contribution in [3.8, 4) is 0 Å². The summed E-state index contributed by atoms with van der Waals surface area (Å²) in [7, 11) is 0. The van der Waals surface area contributed by atoms with Crippen molar-refractivity contribution in [2.24, 2.45) is 0 Å². The Balaban J connectivity index is 1.75. The van der Waals surface area contributed by atoms with Gasteiger partial charge in [0.25, 0.3) is 0 Å². The molecule has 0 bridgehead atoms. The minimum Gasteiger partial charge on any atom is -0.348 e. The third kappa shape index (κ3) is 5.19. The molecular formula is C17H22N4O3. The molecule has 0 fully saturated rings. The quantitative estimate of drug-likeness (QED) is 0.625. The molecule has 0 saturated heterocycles. The molecule has 2 amide bonds. The summed E-state index contributed by atoms with van der Waals surface area (Å²) in [4.78, 5) is 27.8. The number of carbonyl (C=O) groups is 2. The molecule has 7 heteroatoms. The molecule has 2 N–H and O–H groups in total. The molecule has 0 saturated carbocycles. The highest BCUT2D eigenvalue weighted by molar-refractivity contribution is 6.39. The largest absolute Gasteiger partial charge is 0.348 e. The molecule has 128 valence electrons. The maximum atomic E-state index is 11.9. The van der Waals surface area contributed by atoms with Crippen LogP contribution in [0.4, 0.5) is 5.69 Å². The number of rotatable bonds is 6. The Hall–Kier alpha value is -2.70. The van der Waals surface area contributed by atoms with Gasteiger partial charge in [0, 0.05) is 18.7 Å². The van der Waals surface area contributed by atoms with Crippen molar-refractivity contribution >= 4 is 17.5 Å². The molecule has 0 aliphatic carbocycles. The predicted octanol–water partition coefficient (Wildman–Crippen LogP) is 2.19. The Bertz CT molecular complexity index is 709. The minimum atomic E-state index is -0.676. The monoisotopic (exact) mass is 330 g/mol. The van der Waals surface area contributed by atoms with Gasteiger partial charge in [0.15, 0.2) is 5.82 Å². The molecule has 7 nitrogen and oxygen atoms in total. The topological polar surface area (TPSA) is 97.1 Å². The molecule has 0 unspecified atom stereocenters. The van der Waals surface area contributed by atoms with E-state index in [2.05, 4.69) is 34.6 Å². The summed E-state index contributed by atoms with van der Waals surface area (Å²) in [6.07, 6.45) is 1.17. The number of hydrogen-bond acceptors (Lipinski definition) is 5. The summed E-state index contributed by atoms with van der Waals surface area (Å²) in [6.45, 7) is 6.24. The highest BCUT2D eigenvalue weighted by Crippen LogP contribution is 2.18. The number of hydrogen-bond donors (Lipinski definition) is 2. The van der Waals surface area contributed by atoms with E-state index in [0.29, 0.717) is 42.7 Å². The van der Waals surface area contributed by atoms with Crippen molar-refractivity contribution in [2.45, 2.75) is 39.5 Å². The smallest absolute Gasteiger partial charge is 0.313 e. The van der Waals surface area contributed by atoms with Crippen molar-refractivity contribution in [3.05, 3.63) is 41.5 Å². The Morgan fingerprint density at radius 1 is 1.25 bits per heavy atom. The fourth-order valence-corrected chi connectivity index (χ4v) is 2.13. The van der Waals surface area contributed by atoms with Crippen LogP contribution >= 0.6 is 0 Å². The van der Waals surface area contributed by atoms with Crippen LogP contribution in [0.1, 0.15) is 43.5 Å². The number of anilines is 1. The fourth-order valence-electron chi connectivity index (χ4n) is 2.13. The lowest BCUT2D eigenvalue weighted by Gasteiger charge is -2.09. The molecule has 0 aliphatic rings. The number of nitrogens with one attached hydrogen (secondary N) is 2. The van der Waals surface area contributed by atoms with E-state index in [0.717, 1.165) is 5.56 Å². The Morgan fingerprint density at radius 2 is 2.04 bits per heavy atom. The first-order chi connectivity index (χ1) is 11.5. The van der Waals surface area contributed by atoms with E-state index >= 15 is 0 Å². The lowest BCUT2D eigenvalue weighted by atomic mass is 10.0. The van der Waals surface area contributed by atoms with Crippen molar-refractivity contribution in [2.75, 3.05) is 11.9 Å². The van der Waals surface area contributed by atoms with Crippen molar-refractivity contribution in [1.82, 2.24) is 15.5 Å². The normalized spacial score (nSPS) is 10.7. The minimum absolute atomic E-state index is 0.351. The molecule has 0 spiro atoms. The molecule has 2 rings (SSSR count). The molecule has 1 aromatic heterocycles. The number of nitrogens with zero attached hydrogens (tertiary/aromatic N) is 2. The lowest BCUT2D eigenvalue weighted by Crippen LogP contribution is -2.36. The van der Waals surface area contributed by atoms with Gasteiger partial charge in [-0.1, -0.05) is 31.1 Å². The van der Waals surface area contributed by atoms with Crippen LogP contribution in [-0.4, -0.2) is 28.5 Å². The molecule has 1 heterocycles. The predicted molar refractivity (Wildman–Crippen MR) is 89.5 cm³/mol. The van der Waals surface area contributed by atoms with Crippen LogP contribution in [0.15, 0.2) is 28.8 Å². The average Bonchev–Trinajstić information content (AvgIpc) is 2.97. The van der Waals surface area contributed by atoms with Crippen molar-refractivity contribution in [3.63, 3.8) is 0 Å². The first kappa shape index (κ1) is 17.7. The average molecular weight is 330 g/mol. The number of carbonyl (C=O) groups excluding carboxylic acids is 2. The van der Waals surface area contributed by atoms with Crippen LogP contribution in [-0.2, 0) is 16.0 Å². The lowest BCUT2D eigenvalue weighted by molar-refractivity contribution is -0.136. The van der Waals surface area contributed by atoms with Crippen LogP contribution in [0.25, 0.3) is 0 Å². The number of amides is 2. The van der Waals surface area contributed by atoms with Crippen LogP contribution in [0.3, 0.4) is 0 Å². The molecule has 0 atom stereocenters. The Labute approximate surface area is 140 Å². The van der Waals surface area contributed by atoms with Gasteiger partial charge < -0.3 is 15.2 Å². The van der Waals surface area contributed by atoms with Crippen LogP contribution in [0.2, 0.25) is 0 Å². The summed E-state index contributed by atoms with van der Waals surface area (Å²) in [6, 6.07) is 7.47. The Morgan fingerprint density at radius 3 is 2.71 bits per heavy atom. The highest BCUT2D eigenvalue weighted by atomic mass is 16.5. The van der Waals surface area contributed by atoms with E-state index in [1.165, 1.54) is 0 Å². The fraction of sp³-hybridized carbons (Fsp3) is 0.412. The van der Waals surface area contributed by atoms with Crippen LogP contribution in [0.5, 0.6) is 0 Å². The zero-order valence-corrected chi connectivity index (χ0v) is 14.1. The highest BCUT2D eigenvalue weighted by Gasteiger charge is 2.13. The third-order valence-electron chi connectivity index (χ3n) is 3.44. The Kier molecular flexibility index (Phi) is 6.06. The van der Waals surface area contributed by atoms with Crippen molar-refractivity contribution < 1.29 is 14.1 Å². The summed E-state index contributed by atoms with van der Waals surface area (Å²) in [5, 5.41) is 8.87. The molecule has 2 aromatic rings. The van der Waals surface area contributed by atoms with Gasteiger partial charge in [0.05, 0.1) is 0 Å². The van der Waals surface area contributed by atoms with E-state index < -0.39 is 11.8 Å². The second-order valence-electron chi connectivity index (χ2n) is 5.83. The number of benzene rings is 1. The molecule has 1 aromatic carbocycles. The van der Waals surface area contributed by atoms with Gasteiger partial charge in [-0.15, -0.1) is 0 Å². The first-order valence-electron chi connectivity index (χ1n) is 7.94. The summed E-state index contributed by atoms with van der Waals surface area (Å²) < 4.78 is 4.98. The first-order valence-corrected chi connectivity index (χ1v) is 7.94. The number of aromatic nitrogens is 2. The maximum Gasteiger partial charge on any atom is 0.313 e. The standard InChI is InChI=1S/C17H22N4O3/c1-11(2)13-6-4-7-14(10-13)20-17(23)16(22)18-9-5-8-15-19-12(3)21-24-15/h4,6-7,10-11H,5,8-9H2,1-3H3,(H,18,22)(H,20,23). The summed E-state index contributed by atoms with van der Waals surface area (Å²) in [5.41, 5.74) is 1.71. The van der Waals surface area contributed by atoms with Crippen LogP contribution in [0, 0.1) is 6.92 Å². The molecular weight excluding hydrogens is 308 g/mol. The van der Waals surface area contributed by atoms with E-state index in [1.807, 2.05) is 18.2 Å². The zero-order valence-electron chi connectivity index (χ0n) is 14.1. The van der Waals surface area contributed by atoms with Crippen molar-refractivity contribution in [1.29, 1.82) is 0 Å². The third-order valence-corrected chi connectivity index (χ3v) is 3.44. The van der Waals surface area contributed by atoms with Crippen LogP contribution < -0.4 is 10.6 Å².